The second-order valence-corrected chi connectivity index (χ2v) is 12.5. The molecule has 0 spiro atoms. The predicted molar refractivity (Wildman–Crippen MR) is 127 cm³/mol. The second kappa shape index (κ2) is 9.18. The first-order valence-corrected chi connectivity index (χ1v) is 13.9. The number of benzene rings is 2. The van der Waals surface area contributed by atoms with Gasteiger partial charge in [0.05, 0.1) is 11.1 Å². The summed E-state index contributed by atoms with van der Waals surface area (Å²) in [6.07, 6.45) is 0.603. The molecule has 0 saturated carbocycles. The molecule has 0 aliphatic carbocycles. The fourth-order valence-corrected chi connectivity index (χ4v) is 7.39. The first kappa shape index (κ1) is 26.1. The highest BCUT2D eigenvalue weighted by molar-refractivity contribution is 7.91. The van der Waals surface area contributed by atoms with E-state index in [9.17, 15) is 40.8 Å². The topological polar surface area (TPSA) is 178 Å². The van der Waals surface area contributed by atoms with Gasteiger partial charge in [-0.25, -0.2) is 16.8 Å². The lowest BCUT2D eigenvalue weighted by Crippen LogP contribution is -2.49. The number of hydrogen-bond donors (Lipinski definition) is 0. The van der Waals surface area contributed by atoms with E-state index in [1.807, 2.05) is 0 Å². The molecule has 190 valence electrons. The molecule has 1 aromatic heterocycles. The average Bonchev–Trinajstić information content (AvgIpc) is 3.37. The fourth-order valence-electron chi connectivity index (χ4n) is 3.40. The molecule has 4 amide bonds. The van der Waals surface area contributed by atoms with Crippen molar-refractivity contribution in [2.24, 2.45) is 0 Å². The molecule has 37 heavy (non-hydrogen) atoms. The number of sulfonamides is 2. The fraction of sp³-hybridized carbons (Fsp3) is 0.0500. The molecule has 0 radical (unpaired) electrons. The van der Waals surface area contributed by atoms with Crippen LogP contribution in [0.15, 0.2) is 58.3 Å². The number of carbonyl (C=O) groups is 5. The number of hydrogen-bond acceptors (Lipinski definition) is 12. The normalized spacial score (nSPS) is 16.5. The average molecular weight is 581 g/mol. The van der Waals surface area contributed by atoms with Crippen molar-refractivity contribution in [2.75, 3.05) is 0 Å². The molecule has 0 atom stereocenters. The number of carbonyl (C=O) groups excluding carboxylic acids is 5. The van der Waals surface area contributed by atoms with E-state index < -0.39 is 53.5 Å². The van der Waals surface area contributed by atoms with Crippen LogP contribution in [-0.2, 0) is 34.4 Å². The van der Waals surface area contributed by atoms with Crippen LogP contribution >= 0.6 is 23.6 Å². The van der Waals surface area contributed by atoms with Crippen molar-refractivity contribution < 1.29 is 40.8 Å². The molecule has 2 aliphatic heterocycles. The van der Waals surface area contributed by atoms with Gasteiger partial charge in [-0.2, -0.15) is 18.4 Å². The number of nitrogens with zero attached hydrogens (tertiary/aromatic N) is 4. The van der Waals surface area contributed by atoms with Crippen LogP contribution in [0.25, 0.3) is 0 Å². The molecule has 2 aromatic carbocycles. The summed E-state index contributed by atoms with van der Waals surface area (Å²) >= 11 is 6.09. The zero-order valence-electron chi connectivity index (χ0n) is 18.3. The van der Waals surface area contributed by atoms with Crippen molar-refractivity contribution in [3.63, 3.8) is 0 Å². The molecule has 0 N–H and O–H groups in total. The Hall–Kier alpha value is -3.93. The molecule has 0 unspecified atom stereocenters. The highest BCUT2D eigenvalue weighted by Crippen LogP contribution is 2.33. The van der Waals surface area contributed by atoms with E-state index in [0.717, 1.165) is 34.0 Å². The van der Waals surface area contributed by atoms with E-state index in [0.29, 0.717) is 10.4 Å². The van der Waals surface area contributed by atoms with E-state index in [1.165, 1.54) is 35.6 Å². The summed E-state index contributed by atoms with van der Waals surface area (Å²) in [4.78, 5) is 58.9. The van der Waals surface area contributed by atoms with E-state index >= 15 is 0 Å². The third kappa shape index (κ3) is 4.10. The lowest BCUT2D eigenvalue weighted by molar-refractivity contribution is -0.143. The Bertz CT molecular complexity index is 1700. The molecule has 2 aliphatic rings. The molecule has 0 fully saturated rings. The van der Waals surface area contributed by atoms with Crippen molar-refractivity contribution in [2.45, 2.75) is 16.7 Å². The van der Waals surface area contributed by atoms with Crippen LogP contribution in [0.4, 0.5) is 0 Å². The monoisotopic (exact) mass is 580 g/mol. The third-order valence-corrected chi connectivity index (χ3v) is 9.59. The first-order valence-electron chi connectivity index (χ1n) is 9.81. The Labute approximate surface area is 217 Å². The molecule has 0 saturated heterocycles. The van der Waals surface area contributed by atoms with E-state index in [1.54, 1.807) is 6.92 Å². The third-order valence-electron chi connectivity index (χ3n) is 4.96. The summed E-state index contributed by atoms with van der Waals surface area (Å²) in [7, 11) is -9.42. The maximum absolute atomic E-state index is 12.5. The summed E-state index contributed by atoms with van der Waals surface area (Å²) in [5, 5.41) is 4.60. The van der Waals surface area contributed by atoms with Gasteiger partial charge in [-0.15, -0.1) is 0 Å². The van der Waals surface area contributed by atoms with Crippen LogP contribution in [-0.4, -0.2) is 65.3 Å². The number of rotatable bonds is 1. The van der Waals surface area contributed by atoms with E-state index in [2.05, 4.69) is 5.10 Å². The zero-order chi connectivity index (χ0) is 27.3. The van der Waals surface area contributed by atoms with Crippen molar-refractivity contribution in [1.29, 1.82) is 0 Å². The first-order chi connectivity index (χ1) is 17.3. The Morgan fingerprint density at radius 1 is 0.838 bits per heavy atom. The van der Waals surface area contributed by atoms with E-state index in [4.69, 9.17) is 12.2 Å². The van der Waals surface area contributed by atoms with Gasteiger partial charge in [-0.1, -0.05) is 35.6 Å². The quantitative estimate of drug-likeness (QED) is 0.225. The molecule has 13 nitrogen and oxygen atoms in total. The van der Waals surface area contributed by atoms with Gasteiger partial charge in [0.2, 0.25) is 6.41 Å². The second-order valence-electron chi connectivity index (χ2n) is 7.19. The van der Waals surface area contributed by atoms with Gasteiger partial charge in [0.1, 0.15) is 14.8 Å². The van der Waals surface area contributed by atoms with Gasteiger partial charge >= 0.3 is 11.8 Å². The number of aromatic nitrogens is 2. The van der Waals surface area contributed by atoms with Crippen LogP contribution < -0.4 is 0 Å². The number of imide groups is 2. The Morgan fingerprint density at radius 3 is 1.54 bits per heavy atom. The van der Waals surface area contributed by atoms with Crippen LogP contribution in [0.3, 0.4) is 0 Å². The van der Waals surface area contributed by atoms with Crippen molar-refractivity contribution >= 4 is 73.6 Å². The van der Waals surface area contributed by atoms with E-state index in [-0.39, 0.29) is 19.7 Å². The number of amides is 4. The smallest absolute Gasteiger partial charge is 0.276 e. The lowest BCUT2D eigenvalue weighted by atomic mass is 10.2. The van der Waals surface area contributed by atoms with Crippen molar-refractivity contribution in [3.8, 4) is 0 Å². The van der Waals surface area contributed by atoms with Gasteiger partial charge in [-0.05, 0) is 43.4 Å². The molecular weight excluding hydrogens is 569 g/mol. The summed E-state index contributed by atoms with van der Waals surface area (Å²) < 4.78 is 51.0. The van der Waals surface area contributed by atoms with Gasteiger partial charge in [-0.3, -0.25) is 24.0 Å². The lowest BCUT2D eigenvalue weighted by Gasteiger charge is -2.16. The molecular formula is C20H12N4O9S4. The summed E-state index contributed by atoms with van der Waals surface area (Å²) in [6.45, 7) is 1.81. The van der Waals surface area contributed by atoms with Crippen LogP contribution in [0.1, 0.15) is 25.7 Å². The largest absolute Gasteiger partial charge is 0.334 e. The SMILES string of the molecule is Cc1nn(C=O)c(=S)s1.O=C(C(=O)N1C(=O)c2ccccc2S1(=O)=O)N1C(=O)c2ccccc2S1(=O)=O. The highest BCUT2D eigenvalue weighted by Gasteiger charge is 2.53. The van der Waals surface area contributed by atoms with Crippen molar-refractivity contribution in [3.05, 3.63) is 68.6 Å². The van der Waals surface area contributed by atoms with Crippen molar-refractivity contribution in [1.82, 2.24) is 18.4 Å². The molecule has 17 heteroatoms. The van der Waals surface area contributed by atoms with Gasteiger partial charge in [0.25, 0.3) is 31.9 Å². The van der Waals surface area contributed by atoms with Gasteiger partial charge < -0.3 is 0 Å². The number of aryl methyl sites for hydroxylation is 1. The maximum Gasteiger partial charge on any atom is 0.334 e. The minimum absolute atomic E-state index is 0.328. The minimum Gasteiger partial charge on any atom is -0.276 e. The summed E-state index contributed by atoms with van der Waals surface area (Å²) in [6, 6.07) is 9.73. The molecule has 5 rings (SSSR count). The number of fused-ring (bicyclic) bond motifs is 2. The Kier molecular flexibility index (Phi) is 6.49. The predicted octanol–water partition coefficient (Wildman–Crippen LogP) is 0.750. The molecule has 3 aromatic rings. The van der Waals surface area contributed by atoms with Crippen LogP contribution in [0, 0.1) is 10.9 Å². The highest BCUT2D eigenvalue weighted by atomic mass is 32.2. The van der Waals surface area contributed by atoms with Gasteiger partial charge in [0.15, 0.2) is 3.95 Å². The zero-order valence-corrected chi connectivity index (χ0v) is 21.6. The van der Waals surface area contributed by atoms with Crippen LogP contribution in [0.5, 0.6) is 0 Å². The van der Waals surface area contributed by atoms with Crippen LogP contribution in [0.2, 0.25) is 0 Å². The summed E-state index contributed by atoms with van der Waals surface area (Å²) in [5.41, 5.74) is -0.690. The molecule has 3 heterocycles. The minimum atomic E-state index is -4.71. The Morgan fingerprint density at radius 2 is 1.24 bits per heavy atom. The molecule has 0 bridgehead atoms. The summed E-state index contributed by atoms with van der Waals surface area (Å²) in [5.74, 6) is -6.55. The van der Waals surface area contributed by atoms with Gasteiger partial charge in [0, 0.05) is 0 Å². The maximum atomic E-state index is 12.5. The standard InChI is InChI=1S/C16H8N2O8S2.C4H4N2OS2/c19-13-9-5-1-3-7-11(9)27(23,24)17(13)15(21)16(22)18-14(20)10-6-2-4-8-12(10)28(18,25)26;1-3-5-6(2-7)4(8)9-3/h1-8H;2H,1H3. The Balaban J connectivity index is 0.000000301.